The van der Waals surface area contributed by atoms with Gasteiger partial charge < -0.3 is 14.1 Å². The third-order valence-corrected chi connectivity index (χ3v) is 4.22. The number of rotatable bonds is 5. The van der Waals surface area contributed by atoms with Crippen LogP contribution in [-0.4, -0.2) is 53.5 Å². The zero-order valence-electron chi connectivity index (χ0n) is 13.9. The van der Waals surface area contributed by atoms with Crippen LogP contribution in [0.15, 0.2) is 34.9 Å². The standard InChI is InChI=1S/C17H19N3O4/c1-11-16(21)20(17(22)19(11)2)9-8-13-10-24-15(18-13)12-4-6-14(23-3)7-5-12/h4-7,10-11H,8-9H2,1-3H3. The van der Waals surface area contributed by atoms with Crippen LogP contribution < -0.4 is 4.74 Å². The molecule has 1 unspecified atom stereocenters. The first-order chi connectivity index (χ1) is 11.5. The zero-order chi connectivity index (χ0) is 17.3. The fourth-order valence-corrected chi connectivity index (χ4v) is 2.56. The first-order valence-electron chi connectivity index (χ1n) is 7.68. The van der Waals surface area contributed by atoms with Crippen molar-refractivity contribution >= 4 is 11.9 Å². The lowest BCUT2D eigenvalue weighted by molar-refractivity contribution is -0.127. The molecule has 1 aromatic carbocycles. The number of hydrogen-bond acceptors (Lipinski definition) is 5. The Hall–Kier alpha value is -2.83. The van der Waals surface area contributed by atoms with Gasteiger partial charge in [0.2, 0.25) is 5.89 Å². The number of imide groups is 1. The van der Waals surface area contributed by atoms with E-state index >= 15 is 0 Å². The minimum atomic E-state index is -0.412. The Bertz CT molecular complexity index is 733. The molecule has 7 heteroatoms. The second-order valence-corrected chi connectivity index (χ2v) is 5.68. The number of likely N-dealkylation sites (N-methyl/N-ethyl adjacent to an activating group) is 1. The zero-order valence-corrected chi connectivity index (χ0v) is 13.9. The van der Waals surface area contributed by atoms with Crippen LogP contribution in [0.25, 0.3) is 11.5 Å². The van der Waals surface area contributed by atoms with E-state index in [4.69, 9.17) is 9.15 Å². The molecule has 126 valence electrons. The van der Waals surface area contributed by atoms with Gasteiger partial charge in [0.15, 0.2) is 0 Å². The third kappa shape index (κ3) is 2.84. The largest absolute Gasteiger partial charge is 0.497 e. The molecule has 3 rings (SSSR count). The van der Waals surface area contributed by atoms with E-state index in [1.807, 2.05) is 24.3 Å². The minimum Gasteiger partial charge on any atom is -0.497 e. The van der Waals surface area contributed by atoms with Crippen LogP contribution >= 0.6 is 0 Å². The molecular formula is C17H19N3O4. The summed E-state index contributed by atoms with van der Waals surface area (Å²) in [6, 6.07) is 6.70. The molecule has 0 aliphatic carbocycles. The fraction of sp³-hybridized carbons (Fsp3) is 0.353. The lowest BCUT2D eigenvalue weighted by atomic mass is 10.2. The van der Waals surface area contributed by atoms with Gasteiger partial charge >= 0.3 is 6.03 Å². The highest BCUT2D eigenvalue weighted by molar-refractivity contribution is 6.03. The molecule has 1 fully saturated rings. The van der Waals surface area contributed by atoms with Crippen molar-refractivity contribution in [1.82, 2.24) is 14.8 Å². The summed E-state index contributed by atoms with van der Waals surface area (Å²) in [6.45, 7) is 2.01. The van der Waals surface area contributed by atoms with Crippen molar-refractivity contribution < 1.29 is 18.7 Å². The summed E-state index contributed by atoms with van der Waals surface area (Å²) in [6.07, 6.45) is 2.01. The van der Waals surface area contributed by atoms with Gasteiger partial charge in [-0.1, -0.05) is 0 Å². The Labute approximate surface area is 139 Å². The first-order valence-corrected chi connectivity index (χ1v) is 7.68. The summed E-state index contributed by atoms with van der Waals surface area (Å²) in [7, 11) is 3.24. The molecule has 0 N–H and O–H groups in total. The Balaban J connectivity index is 1.66. The predicted octanol–water partition coefficient (Wildman–Crippen LogP) is 2.18. The molecule has 1 aromatic heterocycles. The van der Waals surface area contributed by atoms with E-state index in [1.165, 1.54) is 9.80 Å². The van der Waals surface area contributed by atoms with Crippen LogP contribution in [0.5, 0.6) is 5.75 Å². The second-order valence-electron chi connectivity index (χ2n) is 5.68. The molecule has 1 aliphatic rings. The second kappa shape index (κ2) is 6.35. The Morgan fingerprint density at radius 2 is 1.96 bits per heavy atom. The van der Waals surface area contributed by atoms with Crippen LogP contribution in [0.2, 0.25) is 0 Å². The average molecular weight is 329 g/mol. The maximum absolute atomic E-state index is 12.0. The SMILES string of the molecule is COc1ccc(-c2nc(CCN3C(=O)C(C)N(C)C3=O)co2)cc1. The predicted molar refractivity (Wildman–Crippen MR) is 86.5 cm³/mol. The van der Waals surface area contributed by atoms with Gasteiger partial charge in [-0.15, -0.1) is 0 Å². The summed E-state index contributed by atoms with van der Waals surface area (Å²) in [4.78, 5) is 31.2. The number of nitrogens with zero attached hydrogens (tertiary/aromatic N) is 3. The highest BCUT2D eigenvalue weighted by Gasteiger charge is 2.39. The molecular weight excluding hydrogens is 310 g/mol. The number of benzene rings is 1. The van der Waals surface area contributed by atoms with Crippen LogP contribution in [0, 0.1) is 0 Å². The van der Waals surface area contributed by atoms with Crippen LogP contribution in [0.4, 0.5) is 4.79 Å². The first kappa shape index (κ1) is 16.0. The van der Waals surface area contributed by atoms with Crippen LogP contribution in [0.1, 0.15) is 12.6 Å². The van der Waals surface area contributed by atoms with Crippen LogP contribution in [-0.2, 0) is 11.2 Å². The number of oxazole rings is 1. The van der Waals surface area contributed by atoms with E-state index in [-0.39, 0.29) is 11.9 Å². The number of amides is 3. The van der Waals surface area contributed by atoms with E-state index in [1.54, 1.807) is 27.3 Å². The summed E-state index contributed by atoms with van der Waals surface area (Å²) < 4.78 is 10.6. The van der Waals surface area contributed by atoms with Gasteiger partial charge in [0, 0.05) is 25.6 Å². The molecule has 0 radical (unpaired) electrons. The van der Waals surface area contributed by atoms with Gasteiger partial charge in [-0.05, 0) is 31.2 Å². The van der Waals surface area contributed by atoms with Crippen LogP contribution in [0.3, 0.4) is 0 Å². The summed E-state index contributed by atoms with van der Waals surface area (Å²) in [5.74, 6) is 1.08. The van der Waals surface area contributed by atoms with Crippen molar-refractivity contribution in [3.63, 3.8) is 0 Å². The van der Waals surface area contributed by atoms with Gasteiger partial charge in [-0.3, -0.25) is 9.69 Å². The monoisotopic (exact) mass is 329 g/mol. The average Bonchev–Trinajstić information content (AvgIpc) is 3.15. The van der Waals surface area contributed by atoms with Gasteiger partial charge in [0.25, 0.3) is 5.91 Å². The fourth-order valence-electron chi connectivity index (χ4n) is 2.56. The van der Waals surface area contributed by atoms with Crippen molar-refractivity contribution in [1.29, 1.82) is 0 Å². The quantitative estimate of drug-likeness (QED) is 0.786. The Morgan fingerprint density at radius 1 is 1.25 bits per heavy atom. The lowest BCUT2D eigenvalue weighted by Gasteiger charge is -2.12. The Kier molecular flexibility index (Phi) is 4.24. The van der Waals surface area contributed by atoms with E-state index in [2.05, 4.69) is 4.98 Å². The van der Waals surface area contributed by atoms with Gasteiger partial charge in [0.05, 0.1) is 12.8 Å². The summed E-state index contributed by atoms with van der Waals surface area (Å²) in [5.41, 5.74) is 1.53. The van der Waals surface area contributed by atoms with Crippen molar-refractivity contribution in [2.45, 2.75) is 19.4 Å². The molecule has 24 heavy (non-hydrogen) atoms. The molecule has 2 heterocycles. The molecule has 1 aliphatic heterocycles. The smallest absolute Gasteiger partial charge is 0.327 e. The molecule has 3 amide bonds. The summed E-state index contributed by atoms with van der Waals surface area (Å²) >= 11 is 0. The molecule has 1 atom stereocenters. The normalized spacial score (nSPS) is 17.7. The highest BCUT2D eigenvalue weighted by Crippen LogP contribution is 2.22. The lowest BCUT2D eigenvalue weighted by Crippen LogP contribution is -2.33. The van der Waals surface area contributed by atoms with Gasteiger partial charge in [-0.25, -0.2) is 9.78 Å². The number of methoxy groups -OCH3 is 1. The van der Waals surface area contributed by atoms with E-state index in [0.717, 1.165) is 11.3 Å². The molecule has 0 bridgehead atoms. The van der Waals surface area contributed by atoms with Crippen molar-refractivity contribution in [3.05, 3.63) is 36.2 Å². The molecule has 1 saturated heterocycles. The number of ether oxygens (including phenoxy) is 1. The van der Waals surface area contributed by atoms with Crippen molar-refractivity contribution in [3.8, 4) is 17.2 Å². The number of carbonyl (C=O) groups is 2. The number of urea groups is 1. The molecule has 2 aromatic rings. The maximum atomic E-state index is 12.0. The van der Waals surface area contributed by atoms with Gasteiger partial charge in [0.1, 0.15) is 18.1 Å². The number of carbonyl (C=O) groups excluding carboxylic acids is 2. The number of aromatic nitrogens is 1. The van der Waals surface area contributed by atoms with Crippen molar-refractivity contribution in [2.75, 3.05) is 20.7 Å². The highest BCUT2D eigenvalue weighted by atomic mass is 16.5. The van der Waals surface area contributed by atoms with E-state index < -0.39 is 6.04 Å². The minimum absolute atomic E-state index is 0.179. The third-order valence-electron chi connectivity index (χ3n) is 4.22. The van der Waals surface area contributed by atoms with Crippen molar-refractivity contribution in [2.24, 2.45) is 0 Å². The van der Waals surface area contributed by atoms with Gasteiger partial charge in [-0.2, -0.15) is 0 Å². The maximum Gasteiger partial charge on any atom is 0.327 e. The number of hydrogen-bond donors (Lipinski definition) is 0. The molecule has 0 saturated carbocycles. The topological polar surface area (TPSA) is 75.9 Å². The summed E-state index contributed by atoms with van der Waals surface area (Å²) in [5, 5.41) is 0. The molecule has 0 spiro atoms. The Morgan fingerprint density at radius 3 is 2.54 bits per heavy atom. The van der Waals surface area contributed by atoms with E-state index in [9.17, 15) is 9.59 Å². The van der Waals surface area contributed by atoms with E-state index in [0.29, 0.717) is 24.6 Å². The molecule has 7 nitrogen and oxygen atoms in total.